The standard InChI is InChI=1S/C5H12INO4S2/c1-12(8,9)4-5-13(10,11)7-3-2-6/h7H,2-5H2,1H3. The molecule has 0 aliphatic heterocycles. The molecule has 0 saturated heterocycles. The van der Waals surface area contributed by atoms with Crippen LogP contribution in [-0.4, -0.2) is 45.6 Å². The van der Waals surface area contributed by atoms with Gasteiger partial charge < -0.3 is 0 Å². The van der Waals surface area contributed by atoms with E-state index in [2.05, 4.69) is 4.72 Å². The second-order valence-corrected chi connectivity index (χ2v) is 7.80. The normalized spacial score (nSPS) is 13.1. The van der Waals surface area contributed by atoms with Gasteiger partial charge in [-0.15, -0.1) is 0 Å². The minimum absolute atomic E-state index is 0.330. The summed E-state index contributed by atoms with van der Waals surface area (Å²) in [5, 5.41) is 0. The molecule has 0 fully saturated rings. The molecule has 13 heavy (non-hydrogen) atoms. The molecule has 0 rings (SSSR count). The first-order valence-electron chi connectivity index (χ1n) is 3.48. The van der Waals surface area contributed by atoms with E-state index in [0.717, 1.165) is 6.26 Å². The van der Waals surface area contributed by atoms with Crippen LogP contribution >= 0.6 is 22.6 Å². The Morgan fingerprint density at radius 2 is 1.69 bits per heavy atom. The first-order chi connectivity index (χ1) is 5.77. The molecule has 0 heterocycles. The topological polar surface area (TPSA) is 80.3 Å². The van der Waals surface area contributed by atoms with Crippen molar-refractivity contribution in [2.45, 2.75) is 0 Å². The molecule has 0 aromatic carbocycles. The Kier molecular flexibility index (Phi) is 5.71. The van der Waals surface area contributed by atoms with Gasteiger partial charge in [0.05, 0.1) is 11.5 Å². The highest BCUT2D eigenvalue weighted by atomic mass is 127. The van der Waals surface area contributed by atoms with E-state index in [1.807, 2.05) is 22.6 Å². The van der Waals surface area contributed by atoms with Gasteiger partial charge in [-0.3, -0.25) is 0 Å². The summed E-state index contributed by atoms with van der Waals surface area (Å²) < 4.78 is 46.4. The van der Waals surface area contributed by atoms with Gasteiger partial charge in [-0.25, -0.2) is 21.6 Å². The van der Waals surface area contributed by atoms with Crippen molar-refractivity contribution in [1.29, 1.82) is 0 Å². The number of sulfonamides is 1. The summed E-state index contributed by atoms with van der Waals surface area (Å²) >= 11 is 2.03. The molecule has 0 aromatic heterocycles. The maximum atomic E-state index is 11.1. The van der Waals surface area contributed by atoms with Crippen molar-refractivity contribution in [1.82, 2.24) is 4.72 Å². The van der Waals surface area contributed by atoms with E-state index in [0.29, 0.717) is 11.0 Å². The molecule has 0 spiro atoms. The number of alkyl halides is 1. The maximum absolute atomic E-state index is 11.1. The molecule has 0 aliphatic carbocycles. The fourth-order valence-electron chi connectivity index (χ4n) is 0.527. The fourth-order valence-corrected chi connectivity index (χ4v) is 3.81. The van der Waals surface area contributed by atoms with Gasteiger partial charge >= 0.3 is 0 Å². The second-order valence-electron chi connectivity index (χ2n) is 2.53. The molecule has 1 N–H and O–H groups in total. The minimum atomic E-state index is -3.41. The van der Waals surface area contributed by atoms with Crippen LogP contribution in [0.3, 0.4) is 0 Å². The first kappa shape index (κ1) is 13.6. The Hall–Kier alpha value is 0.590. The SMILES string of the molecule is CS(=O)(=O)CCS(=O)(=O)NCCI. The third-order valence-corrected chi connectivity index (χ3v) is 4.27. The lowest BCUT2D eigenvalue weighted by Gasteiger charge is -2.03. The zero-order valence-corrected chi connectivity index (χ0v) is 10.9. The van der Waals surface area contributed by atoms with Crippen LogP contribution in [0.2, 0.25) is 0 Å². The largest absolute Gasteiger partial charge is 0.229 e. The smallest absolute Gasteiger partial charge is 0.212 e. The molecule has 0 radical (unpaired) electrons. The molecule has 0 aromatic rings. The summed E-state index contributed by atoms with van der Waals surface area (Å²) in [6.45, 7) is 0.340. The summed E-state index contributed by atoms with van der Waals surface area (Å²) in [6.07, 6.45) is 1.01. The lowest BCUT2D eigenvalue weighted by molar-refractivity contribution is 0.581. The average molecular weight is 341 g/mol. The highest BCUT2D eigenvalue weighted by Crippen LogP contribution is 1.90. The van der Waals surface area contributed by atoms with E-state index < -0.39 is 19.9 Å². The lowest BCUT2D eigenvalue weighted by atomic mass is 10.8. The van der Waals surface area contributed by atoms with E-state index in [4.69, 9.17) is 0 Å². The summed E-state index contributed by atoms with van der Waals surface area (Å²) in [6, 6.07) is 0. The van der Waals surface area contributed by atoms with Gasteiger partial charge in [-0.1, -0.05) is 22.6 Å². The van der Waals surface area contributed by atoms with E-state index in [9.17, 15) is 16.8 Å². The van der Waals surface area contributed by atoms with Crippen molar-refractivity contribution in [3.05, 3.63) is 0 Å². The Bertz CT molecular complexity index is 334. The van der Waals surface area contributed by atoms with Crippen LogP contribution in [0, 0.1) is 0 Å². The van der Waals surface area contributed by atoms with Crippen LogP contribution in [0.4, 0.5) is 0 Å². The Balaban J connectivity index is 4.05. The number of halogens is 1. The van der Waals surface area contributed by atoms with Gasteiger partial charge in [0.15, 0.2) is 0 Å². The van der Waals surface area contributed by atoms with Crippen LogP contribution < -0.4 is 4.72 Å². The van der Waals surface area contributed by atoms with Gasteiger partial charge in [0, 0.05) is 17.2 Å². The zero-order valence-electron chi connectivity index (χ0n) is 7.16. The third kappa shape index (κ3) is 8.91. The van der Waals surface area contributed by atoms with Gasteiger partial charge in [-0.2, -0.15) is 0 Å². The predicted molar refractivity (Wildman–Crippen MR) is 60.4 cm³/mol. The average Bonchev–Trinajstić information content (AvgIpc) is 1.97. The zero-order chi connectivity index (χ0) is 10.5. The minimum Gasteiger partial charge on any atom is -0.229 e. The van der Waals surface area contributed by atoms with Gasteiger partial charge in [0.1, 0.15) is 9.84 Å². The monoisotopic (exact) mass is 341 g/mol. The summed E-state index contributed by atoms with van der Waals surface area (Å²) in [5.74, 6) is -0.688. The van der Waals surface area contributed by atoms with Crippen LogP contribution in [0.25, 0.3) is 0 Å². The fraction of sp³-hybridized carbons (Fsp3) is 1.00. The number of hydrogen-bond donors (Lipinski definition) is 1. The number of nitrogens with one attached hydrogen (secondary N) is 1. The van der Waals surface area contributed by atoms with Crippen molar-refractivity contribution in [3.63, 3.8) is 0 Å². The Morgan fingerprint density at radius 3 is 2.08 bits per heavy atom. The third-order valence-electron chi connectivity index (χ3n) is 1.14. The van der Waals surface area contributed by atoms with Crippen molar-refractivity contribution in [2.75, 3.05) is 28.7 Å². The van der Waals surface area contributed by atoms with Crippen molar-refractivity contribution in [3.8, 4) is 0 Å². The summed E-state index contributed by atoms with van der Waals surface area (Å²) in [5.41, 5.74) is 0. The Labute approximate surface area is 92.4 Å². The molecule has 0 bridgehead atoms. The van der Waals surface area contributed by atoms with Gasteiger partial charge in [0.25, 0.3) is 0 Å². The number of hydrogen-bond acceptors (Lipinski definition) is 4. The van der Waals surface area contributed by atoms with Gasteiger partial charge in [0.2, 0.25) is 10.0 Å². The lowest BCUT2D eigenvalue weighted by Crippen LogP contribution is -2.30. The maximum Gasteiger partial charge on any atom is 0.212 e. The molecule has 0 aliphatic rings. The van der Waals surface area contributed by atoms with Gasteiger partial charge in [-0.05, 0) is 0 Å². The molecular formula is C5H12INO4S2. The highest BCUT2D eigenvalue weighted by molar-refractivity contribution is 14.1. The van der Waals surface area contributed by atoms with Crippen LogP contribution in [-0.2, 0) is 19.9 Å². The molecule has 80 valence electrons. The van der Waals surface area contributed by atoms with Crippen molar-refractivity contribution < 1.29 is 16.8 Å². The van der Waals surface area contributed by atoms with Crippen molar-refractivity contribution >= 4 is 42.5 Å². The van der Waals surface area contributed by atoms with Crippen molar-refractivity contribution in [2.24, 2.45) is 0 Å². The molecular weight excluding hydrogens is 329 g/mol. The molecule has 8 heteroatoms. The number of sulfone groups is 1. The summed E-state index contributed by atoms with van der Waals surface area (Å²) in [7, 11) is -6.61. The van der Waals surface area contributed by atoms with Crippen LogP contribution in [0.5, 0.6) is 0 Å². The molecule has 0 atom stereocenters. The van der Waals surface area contributed by atoms with E-state index in [1.165, 1.54) is 0 Å². The van der Waals surface area contributed by atoms with E-state index in [1.54, 1.807) is 0 Å². The van der Waals surface area contributed by atoms with Crippen LogP contribution in [0.1, 0.15) is 0 Å². The second kappa shape index (κ2) is 5.47. The molecule has 0 saturated carbocycles. The Morgan fingerprint density at radius 1 is 1.15 bits per heavy atom. The molecule has 0 amide bonds. The summed E-state index contributed by atoms with van der Waals surface area (Å²) in [4.78, 5) is 0. The molecule has 0 unspecified atom stereocenters. The van der Waals surface area contributed by atoms with E-state index >= 15 is 0 Å². The molecule has 5 nitrogen and oxygen atoms in total. The quantitative estimate of drug-likeness (QED) is 0.516. The van der Waals surface area contributed by atoms with Crippen LogP contribution in [0.15, 0.2) is 0 Å². The predicted octanol–water partition coefficient (Wildman–Crippen LogP) is -0.615. The van der Waals surface area contributed by atoms with E-state index in [-0.39, 0.29) is 11.5 Å². The highest BCUT2D eigenvalue weighted by Gasteiger charge is 2.12. The number of rotatable bonds is 6. The first-order valence-corrected chi connectivity index (χ1v) is 8.72.